The van der Waals surface area contributed by atoms with Gasteiger partial charge >= 0.3 is 0 Å². The molecule has 0 aromatic carbocycles. The number of hydrogen-bond donors (Lipinski definition) is 0. The van der Waals surface area contributed by atoms with Crippen LogP contribution in [-0.4, -0.2) is 18.5 Å². The summed E-state index contributed by atoms with van der Waals surface area (Å²) >= 11 is 0. The third-order valence-electron chi connectivity index (χ3n) is 2.98. The van der Waals surface area contributed by atoms with E-state index in [0.29, 0.717) is 12.0 Å². The molecular weight excluding hydrogens is 205 g/mol. The van der Waals surface area contributed by atoms with Crippen LogP contribution in [0.5, 0.6) is 0 Å². The Bertz CT molecular complexity index is 392. The Morgan fingerprint density at radius 2 is 2.20 bits per heavy atom. The first-order chi connectivity index (χ1) is 7.09. The van der Waals surface area contributed by atoms with Crippen LogP contribution in [0.3, 0.4) is 0 Å². The van der Waals surface area contributed by atoms with Gasteiger partial charge in [-0.2, -0.15) is 0 Å². The Kier molecular flexibility index (Phi) is 2.88. The van der Waals surface area contributed by atoms with Crippen molar-refractivity contribution in [3.05, 3.63) is 22.2 Å². The first-order valence-electron chi connectivity index (χ1n) is 5.39. The largest absolute Gasteiger partial charge is 0.517 e. The summed E-state index contributed by atoms with van der Waals surface area (Å²) in [5.74, 6) is 3.66. The summed E-state index contributed by atoms with van der Waals surface area (Å²) in [6.07, 6.45) is 0. The lowest BCUT2D eigenvalue weighted by Gasteiger charge is -2.08. The predicted molar refractivity (Wildman–Crippen MR) is 65.1 cm³/mol. The highest BCUT2D eigenvalue weighted by molar-refractivity contribution is 7.32. The minimum atomic E-state index is 0.344. The highest BCUT2D eigenvalue weighted by atomic mass is 31.0. The Hall–Kier alpha value is -0.750. The van der Waals surface area contributed by atoms with Crippen molar-refractivity contribution in [1.29, 1.82) is 0 Å². The van der Waals surface area contributed by atoms with E-state index in [2.05, 4.69) is 38.5 Å². The molecule has 2 nitrogen and oxygen atoms in total. The van der Waals surface area contributed by atoms with E-state index in [-0.39, 0.29) is 0 Å². The first-order valence-corrected chi connectivity index (χ1v) is 6.35. The number of aliphatic imine (C=N–C) groups is 1. The quantitative estimate of drug-likeness (QED) is 0.751. The molecular formula is C12H17NOP-. The highest BCUT2D eigenvalue weighted by Crippen LogP contribution is 2.29. The van der Waals surface area contributed by atoms with Crippen molar-refractivity contribution in [1.82, 2.24) is 0 Å². The molecule has 15 heavy (non-hydrogen) atoms. The molecule has 0 saturated heterocycles. The van der Waals surface area contributed by atoms with E-state index in [9.17, 15) is 0 Å². The number of ether oxygens (including phenoxy) is 1. The third kappa shape index (κ3) is 1.96. The second-order valence-electron chi connectivity index (χ2n) is 4.47. The summed E-state index contributed by atoms with van der Waals surface area (Å²) < 4.78 is 5.68. The fourth-order valence-corrected chi connectivity index (χ4v) is 2.74. The summed E-state index contributed by atoms with van der Waals surface area (Å²) in [7, 11) is 1.24. The molecule has 0 bridgehead atoms. The van der Waals surface area contributed by atoms with Crippen molar-refractivity contribution in [3.8, 4) is 0 Å². The lowest BCUT2D eigenvalue weighted by atomic mass is 10.1. The van der Waals surface area contributed by atoms with Crippen molar-refractivity contribution >= 4 is 14.1 Å². The van der Waals surface area contributed by atoms with Gasteiger partial charge in [0.05, 0.1) is 6.04 Å². The van der Waals surface area contributed by atoms with Gasteiger partial charge in [-0.05, 0) is 19.8 Å². The summed E-state index contributed by atoms with van der Waals surface area (Å²) in [6, 6.07) is 0.344. The molecule has 2 heterocycles. The maximum Gasteiger partial charge on any atom is 0.183 e. The molecule has 1 aromatic rings. The summed E-state index contributed by atoms with van der Waals surface area (Å²) in [5, 5.41) is 1.26. The van der Waals surface area contributed by atoms with Crippen molar-refractivity contribution in [2.45, 2.75) is 33.7 Å². The van der Waals surface area contributed by atoms with Crippen LogP contribution in [0.25, 0.3) is 0 Å². The van der Waals surface area contributed by atoms with Crippen LogP contribution in [-0.2, 0) is 4.74 Å². The van der Waals surface area contributed by atoms with E-state index >= 15 is 0 Å². The Morgan fingerprint density at radius 1 is 1.47 bits per heavy atom. The lowest BCUT2D eigenvalue weighted by molar-refractivity contribution is 0.292. The van der Waals surface area contributed by atoms with Gasteiger partial charge in [0.2, 0.25) is 0 Å². The molecule has 1 aromatic heterocycles. The molecule has 0 fully saturated rings. The minimum Gasteiger partial charge on any atom is -0.517 e. The zero-order valence-electron chi connectivity index (χ0n) is 9.74. The summed E-state index contributed by atoms with van der Waals surface area (Å²) in [5.41, 5.74) is 2.69. The van der Waals surface area contributed by atoms with Crippen molar-refractivity contribution in [3.63, 3.8) is 0 Å². The molecule has 82 valence electrons. The molecule has 1 atom stereocenters. The summed E-state index contributed by atoms with van der Waals surface area (Å²) in [6.45, 7) is 9.42. The van der Waals surface area contributed by atoms with Gasteiger partial charge in [0, 0.05) is 0 Å². The van der Waals surface area contributed by atoms with Crippen molar-refractivity contribution in [2.75, 3.05) is 6.61 Å². The summed E-state index contributed by atoms with van der Waals surface area (Å²) in [4.78, 5) is 4.65. The van der Waals surface area contributed by atoms with Crippen LogP contribution in [0.1, 0.15) is 30.3 Å². The molecule has 1 aliphatic heterocycles. The van der Waals surface area contributed by atoms with Crippen LogP contribution >= 0.6 is 8.19 Å². The van der Waals surface area contributed by atoms with E-state index < -0.39 is 0 Å². The molecule has 2 rings (SSSR count). The number of nitrogens with zero attached hydrogens (tertiary/aromatic N) is 1. The average molecular weight is 222 g/mol. The van der Waals surface area contributed by atoms with Gasteiger partial charge in [0.25, 0.3) is 0 Å². The molecule has 0 spiro atoms. The smallest absolute Gasteiger partial charge is 0.183 e. The molecule has 1 aliphatic rings. The maximum atomic E-state index is 5.68. The Balaban J connectivity index is 2.26. The third-order valence-corrected chi connectivity index (χ3v) is 4.28. The second kappa shape index (κ2) is 4.02. The Labute approximate surface area is 92.8 Å². The molecule has 3 heteroatoms. The fraction of sp³-hybridized carbons (Fsp3) is 0.583. The molecule has 0 aliphatic carbocycles. The van der Waals surface area contributed by atoms with Crippen LogP contribution in [0.2, 0.25) is 0 Å². The number of rotatable bonds is 2. The standard InChI is InChI=1S/C12H17NOP/c1-7(2)10-5-14-12(13-10)11-9(4)8(3)6-15-11/h6-7,10H,5H2,1-4H3/q-1/t10-/m1/s1. The Morgan fingerprint density at radius 3 is 2.67 bits per heavy atom. The normalized spacial score (nSPS) is 21.1. The zero-order valence-corrected chi connectivity index (χ0v) is 10.6. The monoisotopic (exact) mass is 222 g/mol. The van der Waals surface area contributed by atoms with E-state index in [1.54, 1.807) is 0 Å². The highest BCUT2D eigenvalue weighted by Gasteiger charge is 2.21. The average Bonchev–Trinajstić information content (AvgIpc) is 2.76. The predicted octanol–water partition coefficient (Wildman–Crippen LogP) is 3.40. The van der Waals surface area contributed by atoms with Gasteiger partial charge in [-0.25, -0.2) is 10.8 Å². The molecule has 0 N–H and O–H groups in total. The van der Waals surface area contributed by atoms with Gasteiger partial charge in [-0.1, -0.05) is 25.0 Å². The molecule has 0 amide bonds. The van der Waals surface area contributed by atoms with Crippen molar-refractivity contribution in [2.24, 2.45) is 10.9 Å². The van der Waals surface area contributed by atoms with Crippen molar-refractivity contribution < 1.29 is 4.74 Å². The molecule has 0 unspecified atom stereocenters. The van der Waals surface area contributed by atoms with Gasteiger partial charge in [-0.3, -0.25) is 0 Å². The maximum absolute atomic E-state index is 5.68. The number of hydrogen-bond acceptors (Lipinski definition) is 2. The molecule has 0 radical (unpaired) electrons. The van der Waals surface area contributed by atoms with Crippen LogP contribution in [0.15, 0.2) is 10.8 Å². The van der Waals surface area contributed by atoms with Crippen LogP contribution < -0.4 is 0 Å². The van der Waals surface area contributed by atoms with Crippen LogP contribution in [0.4, 0.5) is 0 Å². The first kappa shape index (κ1) is 10.8. The second-order valence-corrected chi connectivity index (χ2v) is 5.44. The lowest BCUT2D eigenvalue weighted by Crippen LogP contribution is -2.13. The van der Waals surface area contributed by atoms with E-state index in [0.717, 1.165) is 12.5 Å². The minimum absolute atomic E-state index is 0.344. The van der Waals surface area contributed by atoms with Crippen LogP contribution in [0, 0.1) is 19.8 Å². The van der Waals surface area contributed by atoms with E-state index in [1.807, 2.05) is 0 Å². The van der Waals surface area contributed by atoms with Gasteiger partial charge in [-0.15, -0.1) is 5.30 Å². The zero-order chi connectivity index (χ0) is 11.0. The molecule has 0 saturated carbocycles. The fourth-order valence-electron chi connectivity index (χ4n) is 1.62. The van der Waals surface area contributed by atoms with Gasteiger partial charge in [0.15, 0.2) is 5.90 Å². The van der Waals surface area contributed by atoms with Gasteiger partial charge < -0.3 is 12.9 Å². The van der Waals surface area contributed by atoms with E-state index in [1.165, 1.54) is 24.6 Å². The van der Waals surface area contributed by atoms with E-state index in [4.69, 9.17) is 4.74 Å². The SMILES string of the molecule is Cc1c[p-]c(C2=N[C@@H](C(C)C)CO2)c1C. The topological polar surface area (TPSA) is 21.6 Å². The number of aryl methyl sites for hydroxylation is 1. The van der Waals surface area contributed by atoms with Gasteiger partial charge in [0.1, 0.15) is 6.61 Å².